The summed E-state index contributed by atoms with van der Waals surface area (Å²) in [5.41, 5.74) is 4.21. The van der Waals surface area contributed by atoms with Crippen molar-refractivity contribution in [1.82, 2.24) is 5.32 Å². The van der Waals surface area contributed by atoms with E-state index in [9.17, 15) is 0 Å². The maximum Gasteiger partial charge on any atom is 0.123 e. The Hall–Kier alpha value is -0.670. The van der Waals surface area contributed by atoms with Crippen LogP contribution in [-0.2, 0) is 5.75 Å². The second kappa shape index (κ2) is 5.11. The highest BCUT2D eigenvalue weighted by Gasteiger charge is 2.24. The van der Waals surface area contributed by atoms with Gasteiger partial charge < -0.3 is 10.1 Å². The number of ether oxygens (including phenoxy) is 1. The first kappa shape index (κ1) is 11.8. The summed E-state index contributed by atoms with van der Waals surface area (Å²) in [6, 6.07) is 4.73. The maximum absolute atomic E-state index is 5.45. The van der Waals surface area contributed by atoms with E-state index in [1.165, 1.54) is 16.7 Å². The SMILES string of the molecule is CCNC1CSCc2c(OC)ccc(C)c21. The highest BCUT2D eigenvalue weighted by molar-refractivity contribution is 7.98. The van der Waals surface area contributed by atoms with Gasteiger partial charge in [0.05, 0.1) is 7.11 Å². The Balaban J connectivity index is 2.45. The van der Waals surface area contributed by atoms with Crippen molar-refractivity contribution in [2.24, 2.45) is 0 Å². The van der Waals surface area contributed by atoms with Crippen molar-refractivity contribution in [1.29, 1.82) is 0 Å². The van der Waals surface area contributed by atoms with Crippen LogP contribution in [0, 0.1) is 6.92 Å². The zero-order chi connectivity index (χ0) is 11.5. The molecule has 0 bridgehead atoms. The number of rotatable bonds is 3. The van der Waals surface area contributed by atoms with E-state index in [1.807, 2.05) is 11.8 Å². The van der Waals surface area contributed by atoms with Gasteiger partial charge in [0.15, 0.2) is 0 Å². The van der Waals surface area contributed by atoms with E-state index in [-0.39, 0.29) is 0 Å². The Kier molecular flexibility index (Phi) is 3.77. The van der Waals surface area contributed by atoms with Gasteiger partial charge in [-0.1, -0.05) is 13.0 Å². The van der Waals surface area contributed by atoms with Crippen LogP contribution in [0.15, 0.2) is 12.1 Å². The standard InChI is InChI=1S/C13H19NOS/c1-4-14-11-8-16-7-10-12(15-3)6-5-9(2)13(10)11/h5-6,11,14H,4,7-8H2,1-3H3. The zero-order valence-electron chi connectivity index (χ0n) is 10.2. The van der Waals surface area contributed by atoms with Gasteiger partial charge in [-0.2, -0.15) is 11.8 Å². The predicted octanol–water partition coefficient (Wildman–Crippen LogP) is 2.90. The molecular formula is C13H19NOS. The molecule has 88 valence electrons. The third-order valence-corrected chi connectivity index (χ3v) is 4.14. The van der Waals surface area contributed by atoms with Crippen molar-refractivity contribution in [3.63, 3.8) is 0 Å². The van der Waals surface area contributed by atoms with Crippen LogP contribution in [-0.4, -0.2) is 19.4 Å². The van der Waals surface area contributed by atoms with Crippen molar-refractivity contribution in [3.05, 3.63) is 28.8 Å². The van der Waals surface area contributed by atoms with E-state index in [0.717, 1.165) is 23.8 Å². The third-order valence-electron chi connectivity index (χ3n) is 3.08. The van der Waals surface area contributed by atoms with Crippen molar-refractivity contribution in [3.8, 4) is 5.75 Å². The van der Waals surface area contributed by atoms with Gasteiger partial charge >= 0.3 is 0 Å². The predicted molar refractivity (Wildman–Crippen MR) is 70.3 cm³/mol. The third kappa shape index (κ3) is 2.06. The zero-order valence-corrected chi connectivity index (χ0v) is 11.0. The molecule has 1 atom stereocenters. The Bertz CT molecular complexity index is 378. The number of fused-ring (bicyclic) bond motifs is 1. The Morgan fingerprint density at radius 3 is 3.00 bits per heavy atom. The van der Waals surface area contributed by atoms with Crippen molar-refractivity contribution >= 4 is 11.8 Å². The summed E-state index contributed by atoms with van der Waals surface area (Å²) in [6.45, 7) is 5.37. The van der Waals surface area contributed by atoms with Gasteiger partial charge in [0, 0.05) is 23.1 Å². The van der Waals surface area contributed by atoms with Crippen LogP contribution in [0.2, 0.25) is 0 Å². The maximum atomic E-state index is 5.45. The molecule has 0 amide bonds. The lowest BCUT2D eigenvalue weighted by Crippen LogP contribution is -2.27. The molecule has 0 aromatic heterocycles. The fraction of sp³-hybridized carbons (Fsp3) is 0.538. The van der Waals surface area contributed by atoms with Gasteiger partial charge in [0.1, 0.15) is 5.75 Å². The van der Waals surface area contributed by atoms with E-state index in [1.54, 1.807) is 7.11 Å². The minimum absolute atomic E-state index is 0.480. The fourth-order valence-electron chi connectivity index (χ4n) is 2.36. The lowest BCUT2D eigenvalue weighted by Gasteiger charge is -2.28. The molecule has 1 aliphatic rings. The molecule has 1 aromatic rings. The van der Waals surface area contributed by atoms with Gasteiger partial charge in [-0.25, -0.2) is 0 Å². The van der Waals surface area contributed by atoms with Gasteiger partial charge in [-0.3, -0.25) is 0 Å². The number of methoxy groups -OCH3 is 1. The number of benzene rings is 1. The molecule has 1 aliphatic heterocycles. The van der Waals surface area contributed by atoms with Crippen LogP contribution in [0.3, 0.4) is 0 Å². The summed E-state index contributed by atoms with van der Waals surface area (Å²) >= 11 is 1.98. The second-order valence-corrected chi connectivity index (χ2v) is 5.13. The average Bonchev–Trinajstić information content (AvgIpc) is 2.30. The summed E-state index contributed by atoms with van der Waals surface area (Å²) in [5.74, 6) is 3.27. The van der Waals surface area contributed by atoms with Gasteiger partial charge in [-0.05, 0) is 30.7 Å². The topological polar surface area (TPSA) is 21.3 Å². The molecule has 2 nitrogen and oxygen atoms in total. The number of hydrogen-bond donors (Lipinski definition) is 1. The molecule has 0 saturated carbocycles. The minimum atomic E-state index is 0.480. The average molecular weight is 237 g/mol. The van der Waals surface area contributed by atoms with Crippen LogP contribution >= 0.6 is 11.8 Å². The summed E-state index contributed by atoms with van der Waals surface area (Å²) in [6.07, 6.45) is 0. The molecule has 0 spiro atoms. The highest BCUT2D eigenvalue weighted by atomic mass is 32.2. The van der Waals surface area contributed by atoms with Crippen LogP contribution < -0.4 is 10.1 Å². The first-order valence-corrected chi connectivity index (χ1v) is 6.90. The minimum Gasteiger partial charge on any atom is -0.496 e. The molecule has 0 fully saturated rings. The van der Waals surface area contributed by atoms with Crippen molar-refractivity contribution < 1.29 is 4.74 Å². The Morgan fingerprint density at radius 1 is 1.50 bits per heavy atom. The molecule has 3 heteroatoms. The molecule has 1 unspecified atom stereocenters. The van der Waals surface area contributed by atoms with Crippen LogP contribution in [0.1, 0.15) is 29.7 Å². The number of thioether (sulfide) groups is 1. The van der Waals surface area contributed by atoms with Gasteiger partial charge in [0.25, 0.3) is 0 Å². The summed E-state index contributed by atoms with van der Waals surface area (Å²) in [5, 5.41) is 3.56. The normalized spacial score (nSPS) is 19.3. The van der Waals surface area contributed by atoms with Gasteiger partial charge in [0.2, 0.25) is 0 Å². The first-order valence-electron chi connectivity index (χ1n) is 5.75. The Morgan fingerprint density at radius 2 is 2.31 bits per heavy atom. The van der Waals surface area contributed by atoms with E-state index in [4.69, 9.17) is 4.74 Å². The Labute approximate surface area is 102 Å². The number of hydrogen-bond acceptors (Lipinski definition) is 3. The number of nitrogens with one attached hydrogen (secondary N) is 1. The summed E-state index contributed by atoms with van der Waals surface area (Å²) in [7, 11) is 1.76. The van der Waals surface area contributed by atoms with Crippen LogP contribution in [0.5, 0.6) is 5.75 Å². The molecular weight excluding hydrogens is 218 g/mol. The summed E-state index contributed by atoms with van der Waals surface area (Å²) in [4.78, 5) is 0. The lowest BCUT2D eigenvalue weighted by molar-refractivity contribution is 0.409. The second-order valence-electron chi connectivity index (χ2n) is 4.10. The van der Waals surface area contributed by atoms with Crippen molar-refractivity contribution in [2.75, 3.05) is 19.4 Å². The van der Waals surface area contributed by atoms with Crippen LogP contribution in [0.25, 0.3) is 0 Å². The molecule has 0 saturated heterocycles. The highest BCUT2D eigenvalue weighted by Crippen LogP contribution is 2.38. The summed E-state index contributed by atoms with van der Waals surface area (Å²) < 4.78 is 5.45. The molecule has 1 aromatic carbocycles. The van der Waals surface area contributed by atoms with E-state index in [0.29, 0.717) is 6.04 Å². The fourth-order valence-corrected chi connectivity index (χ4v) is 3.50. The monoisotopic (exact) mass is 237 g/mol. The molecule has 2 rings (SSSR count). The van der Waals surface area contributed by atoms with Crippen molar-refractivity contribution in [2.45, 2.75) is 25.6 Å². The van der Waals surface area contributed by atoms with Crippen LogP contribution in [0.4, 0.5) is 0 Å². The van der Waals surface area contributed by atoms with E-state index >= 15 is 0 Å². The molecule has 1 N–H and O–H groups in total. The molecule has 0 aliphatic carbocycles. The quantitative estimate of drug-likeness (QED) is 0.873. The largest absolute Gasteiger partial charge is 0.496 e. The molecule has 16 heavy (non-hydrogen) atoms. The van der Waals surface area contributed by atoms with E-state index < -0.39 is 0 Å². The lowest BCUT2D eigenvalue weighted by atomic mass is 9.95. The molecule has 0 radical (unpaired) electrons. The molecule has 1 heterocycles. The van der Waals surface area contributed by atoms with E-state index in [2.05, 4.69) is 31.3 Å². The first-order chi connectivity index (χ1) is 7.77. The smallest absolute Gasteiger partial charge is 0.123 e. The van der Waals surface area contributed by atoms with Gasteiger partial charge in [-0.15, -0.1) is 0 Å². The number of aryl methyl sites for hydroxylation is 1.